The molecule has 3 rings (SSSR count). The van der Waals surface area contributed by atoms with Crippen molar-refractivity contribution in [2.75, 3.05) is 18.5 Å². The van der Waals surface area contributed by atoms with Crippen molar-refractivity contribution in [3.05, 3.63) is 90.0 Å². The Kier molecular flexibility index (Phi) is 8.49. The monoisotopic (exact) mass is 417 g/mol. The fraction of sp³-hybridized carbons (Fsp3) is 0.200. The number of nitrogens with zero attached hydrogens (tertiary/aromatic N) is 1. The molecule has 2 N–H and O–H groups in total. The number of hydrazone groups is 1. The topological polar surface area (TPSA) is 72.0 Å². The van der Waals surface area contributed by atoms with Gasteiger partial charge in [-0.05, 0) is 53.9 Å². The van der Waals surface area contributed by atoms with E-state index in [2.05, 4.69) is 34.9 Å². The molecule has 6 nitrogen and oxygen atoms in total. The number of hydrogen-bond acceptors (Lipinski definition) is 4. The van der Waals surface area contributed by atoms with Crippen LogP contribution in [0.15, 0.2) is 84.0 Å². The minimum absolute atomic E-state index is 0.404. The van der Waals surface area contributed by atoms with Crippen LogP contribution in [-0.2, 0) is 6.42 Å². The zero-order valence-corrected chi connectivity index (χ0v) is 17.6. The van der Waals surface area contributed by atoms with Crippen molar-refractivity contribution >= 4 is 17.9 Å². The highest BCUT2D eigenvalue weighted by atomic mass is 16.5. The summed E-state index contributed by atoms with van der Waals surface area (Å²) >= 11 is 0. The highest BCUT2D eigenvalue weighted by Crippen LogP contribution is 2.14. The minimum Gasteiger partial charge on any atom is -0.493 e. The molecule has 0 aliphatic heterocycles. The van der Waals surface area contributed by atoms with Gasteiger partial charge < -0.3 is 14.8 Å². The molecule has 0 radical (unpaired) electrons. The molecular weight excluding hydrogens is 390 g/mol. The smallest absolute Gasteiger partial charge is 0.339 e. The third-order valence-electron chi connectivity index (χ3n) is 4.43. The summed E-state index contributed by atoms with van der Waals surface area (Å²) < 4.78 is 11.5. The van der Waals surface area contributed by atoms with Crippen LogP contribution in [0.5, 0.6) is 11.5 Å². The Hall–Kier alpha value is -3.80. The molecule has 0 bridgehead atoms. The molecular formula is C25H27N3O3. The molecule has 0 aliphatic rings. The Labute approximate surface area is 182 Å². The Bertz CT molecular complexity index is 973. The number of urea groups is 1. The largest absolute Gasteiger partial charge is 0.493 e. The number of carbonyl (C=O) groups excluding carboxylic acids is 1. The number of carbonyl (C=O) groups is 1. The number of benzene rings is 3. The van der Waals surface area contributed by atoms with E-state index in [0.717, 1.165) is 29.9 Å². The third kappa shape index (κ3) is 7.85. The van der Waals surface area contributed by atoms with E-state index < -0.39 is 6.03 Å². The van der Waals surface area contributed by atoms with Crippen molar-refractivity contribution in [1.82, 2.24) is 5.43 Å². The summed E-state index contributed by atoms with van der Waals surface area (Å²) in [6.07, 6.45) is 3.37. The Morgan fingerprint density at radius 2 is 1.65 bits per heavy atom. The molecule has 0 fully saturated rings. The van der Waals surface area contributed by atoms with Gasteiger partial charge in [-0.3, -0.25) is 0 Å². The average Bonchev–Trinajstić information content (AvgIpc) is 2.80. The van der Waals surface area contributed by atoms with E-state index in [1.165, 1.54) is 5.56 Å². The number of anilines is 1. The second-order valence-electron chi connectivity index (χ2n) is 6.81. The minimum atomic E-state index is -0.404. The Morgan fingerprint density at radius 1 is 0.903 bits per heavy atom. The molecule has 0 spiro atoms. The summed E-state index contributed by atoms with van der Waals surface area (Å²) in [5.74, 6) is 1.61. The standard InChI is InChI=1S/C25H27N3O3/c1-2-20-12-14-23(15-13-20)30-16-7-17-31-24-11-6-8-21(18-24)19-26-28-25(29)27-22-9-4-3-5-10-22/h3-6,8-15,18-19H,2,7,16-17H2,1H3,(H2,27,28,29)/b26-19+. The molecule has 0 saturated heterocycles. The normalized spacial score (nSPS) is 10.6. The van der Waals surface area contributed by atoms with Gasteiger partial charge in [0, 0.05) is 12.1 Å². The molecule has 0 unspecified atom stereocenters. The molecule has 160 valence electrons. The lowest BCUT2D eigenvalue weighted by Gasteiger charge is -2.09. The summed E-state index contributed by atoms with van der Waals surface area (Å²) in [5, 5.41) is 6.67. The van der Waals surface area contributed by atoms with Crippen LogP contribution in [0.3, 0.4) is 0 Å². The first kappa shape index (κ1) is 21.9. The molecule has 3 aromatic rings. The van der Waals surface area contributed by atoms with Gasteiger partial charge in [-0.1, -0.05) is 49.4 Å². The number of ether oxygens (including phenoxy) is 2. The van der Waals surface area contributed by atoms with E-state index in [-0.39, 0.29) is 0 Å². The Balaban J connectivity index is 1.37. The van der Waals surface area contributed by atoms with Crippen LogP contribution in [0.1, 0.15) is 24.5 Å². The molecule has 0 aliphatic carbocycles. The summed E-state index contributed by atoms with van der Waals surface area (Å²) in [5.41, 5.74) is 5.27. The van der Waals surface area contributed by atoms with Crippen LogP contribution in [0.25, 0.3) is 0 Å². The van der Waals surface area contributed by atoms with E-state index in [0.29, 0.717) is 18.9 Å². The van der Waals surface area contributed by atoms with Crippen LogP contribution >= 0.6 is 0 Å². The first-order chi connectivity index (χ1) is 15.2. The van der Waals surface area contributed by atoms with Gasteiger partial charge >= 0.3 is 6.03 Å². The number of nitrogens with one attached hydrogen (secondary N) is 2. The second-order valence-corrected chi connectivity index (χ2v) is 6.81. The predicted molar refractivity (Wildman–Crippen MR) is 124 cm³/mol. The molecule has 31 heavy (non-hydrogen) atoms. The summed E-state index contributed by atoms with van der Waals surface area (Å²) in [7, 11) is 0. The molecule has 0 saturated carbocycles. The third-order valence-corrected chi connectivity index (χ3v) is 4.43. The second kappa shape index (κ2) is 12.0. The van der Waals surface area contributed by atoms with Crippen LogP contribution in [0.4, 0.5) is 10.5 Å². The van der Waals surface area contributed by atoms with Crippen molar-refractivity contribution in [3.8, 4) is 11.5 Å². The lowest BCUT2D eigenvalue weighted by Crippen LogP contribution is -2.24. The van der Waals surface area contributed by atoms with Crippen molar-refractivity contribution in [1.29, 1.82) is 0 Å². The number of aryl methyl sites for hydroxylation is 1. The van der Waals surface area contributed by atoms with E-state index in [9.17, 15) is 4.79 Å². The van der Waals surface area contributed by atoms with Crippen molar-refractivity contribution in [3.63, 3.8) is 0 Å². The highest BCUT2D eigenvalue weighted by Gasteiger charge is 2.00. The summed E-state index contributed by atoms with van der Waals surface area (Å²) in [4.78, 5) is 11.8. The van der Waals surface area contributed by atoms with Gasteiger partial charge in [-0.2, -0.15) is 5.10 Å². The van der Waals surface area contributed by atoms with Gasteiger partial charge in [0.05, 0.1) is 19.4 Å². The van der Waals surface area contributed by atoms with Crippen LogP contribution < -0.4 is 20.2 Å². The Morgan fingerprint density at radius 3 is 2.39 bits per heavy atom. The lowest BCUT2D eigenvalue weighted by atomic mass is 10.2. The molecule has 6 heteroatoms. The molecule has 0 heterocycles. The molecule has 2 amide bonds. The van der Waals surface area contributed by atoms with Gasteiger partial charge in [0.15, 0.2) is 0 Å². The van der Waals surface area contributed by atoms with E-state index in [4.69, 9.17) is 9.47 Å². The average molecular weight is 418 g/mol. The molecule has 0 aromatic heterocycles. The number of amides is 2. The van der Waals surface area contributed by atoms with Crippen LogP contribution in [0, 0.1) is 0 Å². The van der Waals surface area contributed by atoms with Crippen LogP contribution in [-0.4, -0.2) is 25.5 Å². The van der Waals surface area contributed by atoms with Crippen molar-refractivity contribution in [2.45, 2.75) is 19.8 Å². The summed E-state index contributed by atoms with van der Waals surface area (Å²) in [6.45, 7) is 3.27. The van der Waals surface area contributed by atoms with Gasteiger partial charge in [0.1, 0.15) is 11.5 Å². The fourth-order valence-corrected chi connectivity index (χ4v) is 2.79. The van der Waals surface area contributed by atoms with E-state index in [1.807, 2.05) is 54.6 Å². The van der Waals surface area contributed by atoms with Crippen molar-refractivity contribution < 1.29 is 14.3 Å². The maximum Gasteiger partial charge on any atom is 0.339 e. The number of hydrogen-bond donors (Lipinski definition) is 2. The summed E-state index contributed by atoms with van der Waals surface area (Å²) in [6, 6.07) is 24.5. The molecule has 0 atom stereocenters. The number of rotatable bonds is 10. The predicted octanol–water partition coefficient (Wildman–Crippen LogP) is 5.25. The highest BCUT2D eigenvalue weighted by molar-refractivity contribution is 5.90. The fourth-order valence-electron chi connectivity index (χ4n) is 2.79. The maximum atomic E-state index is 11.8. The van der Waals surface area contributed by atoms with Gasteiger partial charge in [0.25, 0.3) is 0 Å². The van der Waals surface area contributed by atoms with Crippen LogP contribution in [0.2, 0.25) is 0 Å². The first-order valence-corrected chi connectivity index (χ1v) is 10.3. The SMILES string of the molecule is CCc1ccc(OCCCOc2cccc(/C=N/NC(=O)Nc3ccccc3)c2)cc1. The lowest BCUT2D eigenvalue weighted by molar-refractivity contribution is 0.247. The van der Waals surface area contributed by atoms with Gasteiger partial charge in [-0.25, -0.2) is 10.2 Å². The first-order valence-electron chi connectivity index (χ1n) is 10.3. The maximum absolute atomic E-state index is 11.8. The van der Waals surface area contributed by atoms with Gasteiger partial charge in [-0.15, -0.1) is 0 Å². The molecule has 3 aromatic carbocycles. The number of para-hydroxylation sites is 1. The van der Waals surface area contributed by atoms with E-state index >= 15 is 0 Å². The van der Waals surface area contributed by atoms with E-state index in [1.54, 1.807) is 18.3 Å². The zero-order valence-electron chi connectivity index (χ0n) is 17.6. The zero-order chi connectivity index (χ0) is 21.7. The van der Waals surface area contributed by atoms with Gasteiger partial charge in [0.2, 0.25) is 0 Å². The quantitative estimate of drug-likeness (QED) is 0.269. The van der Waals surface area contributed by atoms with Crippen molar-refractivity contribution in [2.24, 2.45) is 5.10 Å².